The van der Waals surface area contributed by atoms with Crippen molar-refractivity contribution in [3.05, 3.63) is 11.6 Å². The van der Waals surface area contributed by atoms with Crippen LogP contribution in [0.4, 0.5) is 0 Å². The van der Waals surface area contributed by atoms with E-state index in [1.54, 1.807) is 0 Å². The van der Waals surface area contributed by atoms with Crippen LogP contribution in [0.3, 0.4) is 0 Å². The first kappa shape index (κ1) is 17.2. The van der Waals surface area contributed by atoms with Crippen molar-refractivity contribution in [2.24, 2.45) is 0 Å². The number of nitrogens with one attached hydrogen (secondary N) is 1. The van der Waals surface area contributed by atoms with E-state index in [4.69, 9.17) is 4.74 Å². The largest absolute Gasteiger partial charge is 0.366 e. The molecule has 1 unspecified atom stereocenters. The van der Waals surface area contributed by atoms with E-state index in [9.17, 15) is 4.79 Å². The number of ether oxygens (including phenoxy) is 1. The Kier molecular flexibility index (Phi) is 5.77. The fourth-order valence-corrected chi connectivity index (χ4v) is 2.92. The first-order chi connectivity index (χ1) is 10.2. The molecule has 1 fully saturated rings. The molecule has 2 aliphatic rings. The predicted octanol–water partition coefficient (Wildman–Crippen LogP) is 0.196. The number of aromatic nitrogens is 3. The third kappa shape index (κ3) is 3.42. The highest BCUT2D eigenvalue weighted by molar-refractivity contribution is 5.85. The zero-order chi connectivity index (χ0) is 14.8. The maximum Gasteiger partial charge on any atom is 0.253 e. The first-order valence-electron chi connectivity index (χ1n) is 7.70. The Hall–Kier alpha value is -1.18. The summed E-state index contributed by atoms with van der Waals surface area (Å²) in [5, 5.41) is 11.8. The summed E-state index contributed by atoms with van der Waals surface area (Å²) in [6.45, 7) is 8.42. The molecule has 1 N–H and O–H groups in total. The summed E-state index contributed by atoms with van der Waals surface area (Å²) in [5.41, 5.74) is 0. The standard InChI is InChI=1S/C14H23N5O2.ClH/c1-10(2)13-17-16-12-3-5-18(6-7-19(12)13)14(20)11-9-15-4-8-21-11;/h10-11,15H,3-9H2,1-2H3;1H. The Morgan fingerprint density at radius 1 is 1.32 bits per heavy atom. The first-order valence-corrected chi connectivity index (χ1v) is 7.70. The van der Waals surface area contributed by atoms with Crippen LogP contribution >= 0.6 is 12.4 Å². The molecule has 1 aromatic rings. The Morgan fingerprint density at radius 2 is 2.14 bits per heavy atom. The Labute approximate surface area is 136 Å². The van der Waals surface area contributed by atoms with Gasteiger partial charge >= 0.3 is 0 Å². The second-order valence-corrected chi connectivity index (χ2v) is 5.92. The van der Waals surface area contributed by atoms with Crippen molar-refractivity contribution in [2.75, 3.05) is 32.8 Å². The lowest BCUT2D eigenvalue weighted by Crippen LogP contribution is -2.50. The summed E-state index contributed by atoms with van der Waals surface area (Å²) < 4.78 is 7.73. The van der Waals surface area contributed by atoms with Crippen LogP contribution in [-0.4, -0.2) is 64.5 Å². The van der Waals surface area contributed by atoms with E-state index in [1.807, 2.05) is 4.90 Å². The summed E-state index contributed by atoms with van der Waals surface area (Å²) in [6.07, 6.45) is 0.415. The van der Waals surface area contributed by atoms with Crippen LogP contribution in [0.2, 0.25) is 0 Å². The molecule has 1 amide bonds. The molecule has 0 saturated carbocycles. The number of carbonyl (C=O) groups excluding carboxylic acids is 1. The summed E-state index contributed by atoms with van der Waals surface area (Å²) in [7, 11) is 0. The van der Waals surface area contributed by atoms with Crippen LogP contribution in [0, 0.1) is 0 Å². The van der Waals surface area contributed by atoms with Crippen molar-refractivity contribution >= 4 is 18.3 Å². The molecule has 0 bridgehead atoms. The Balaban J connectivity index is 0.00000176. The average Bonchev–Trinajstić information content (AvgIpc) is 2.80. The van der Waals surface area contributed by atoms with Crippen LogP contribution in [-0.2, 0) is 22.5 Å². The minimum absolute atomic E-state index is 0. The smallest absolute Gasteiger partial charge is 0.253 e. The van der Waals surface area contributed by atoms with Crippen molar-refractivity contribution in [3.63, 3.8) is 0 Å². The average molecular weight is 330 g/mol. The monoisotopic (exact) mass is 329 g/mol. The summed E-state index contributed by atoms with van der Waals surface area (Å²) >= 11 is 0. The molecule has 0 spiro atoms. The van der Waals surface area contributed by atoms with Gasteiger partial charge in [0.1, 0.15) is 17.8 Å². The highest BCUT2D eigenvalue weighted by atomic mass is 35.5. The van der Waals surface area contributed by atoms with Gasteiger partial charge in [0, 0.05) is 45.1 Å². The molecule has 1 atom stereocenters. The van der Waals surface area contributed by atoms with Gasteiger partial charge in [0.15, 0.2) is 0 Å². The summed E-state index contributed by atoms with van der Waals surface area (Å²) in [5.74, 6) is 2.43. The normalized spacial score (nSPS) is 22.0. The number of morpholine rings is 1. The van der Waals surface area contributed by atoms with Gasteiger partial charge in [-0.25, -0.2) is 0 Å². The molecule has 22 heavy (non-hydrogen) atoms. The highest BCUT2D eigenvalue weighted by Crippen LogP contribution is 2.17. The lowest BCUT2D eigenvalue weighted by molar-refractivity contribution is -0.145. The van der Waals surface area contributed by atoms with E-state index in [-0.39, 0.29) is 24.4 Å². The number of hydrogen-bond acceptors (Lipinski definition) is 5. The second kappa shape index (κ2) is 7.39. The van der Waals surface area contributed by atoms with Gasteiger partial charge < -0.3 is 19.5 Å². The molecule has 0 radical (unpaired) electrons. The lowest BCUT2D eigenvalue weighted by atomic mass is 10.2. The van der Waals surface area contributed by atoms with Gasteiger partial charge in [-0.2, -0.15) is 0 Å². The molecule has 7 nitrogen and oxygen atoms in total. The fourth-order valence-electron chi connectivity index (χ4n) is 2.92. The van der Waals surface area contributed by atoms with Crippen LogP contribution < -0.4 is 5.32 Å². The Bertz CT molecular complexity index is 513. The van der Waals surface area contributed by atoms with Gasteiger partial charge in [-0.3, -0.25) is 4.79 Å². The molecule has 1 saturated heterocycles. The minimum atomic E-state index is -0.341. The fraction of sp³-hybridized carbons (Fsp3) is 0.786. The number of nitrogens with zero attached hydrogens (tertiary/aromatic N) is 4. The topological polar surface area (TPSA) is 72.3 Å². The molecule has 8 heteroatoms. The van der Waals surface area contributed by atoms with E-state index in [2.05, 4.69) is 33.9 Å². The second-order valence-electron chi connectivity index (χ2n) is 5.92. The molecule has 0 aromatic carbocycles. The van der Waals surface area contributed by atoms with Crippen LogP contribution in [0.25, 0.3) is 0 Å². The summed E-state index contributed by atoms with van der Waals surface area (Å²) in [4.78, 5) is 14.4. The molecule has 3 rings (SSSR count). The quantitative estimate of drug-likeness (QED) is 0.839. The molecule has 2 aliphatic heterocycles. The number of fused-ring (bicyclic) bond motifs is 1. The van der Waals surface area contributed by atoms with Crippen molar-refractivity contribution < 1.29 is 9.53 Å². The van der Waals surface area contributed by atoms with E-state index < -0.39 is 0 Å². The van der Waals surface area contributed by atoms with Gasteiger partial charge in [-0.15, -0.1) is 22.6 Å². The molecular weight excluding hydrogens is 306 g/mol. The number of amides is 1. The van der Waals surface area contributed by atoms with E-state index in [1.165, 1.54) is 0 Å². The maximum absolute atomic E-state index is 12.5. The number of rotatable bonds is 2. The zero-order valence-corrected chi connectivity index (χ0v) is 13.9. The zero-order valence-electron chi connectivity index (χ0n) is 13.1. The highest BCUT2D eigenvalue weighted by Gasteiger charge is 2.29. The van der Waals surface area contributed by atoms with Crippen molar-refractivity contribution in [3.8, 4) is 0 Å². The van der Waals surface area contributed by atoms with Crippen molar-refractivity contribution in [1.82, 2.24) is 25.0 Å². The lowest BCUT2D eigenvalue weighted by Gasteiger charge is -2.28. The van der Waals surface area contributed by atoms with Crippen LogP contribution in [0.15, 0.2) is 0 Å². The summed E-state index contributed by atoms with van der Waals surface area (Å²) in [6, 6.07) is 0. The molecule has 3 heterocycles. The SMILES string of the molecule is CC(C)c1nnc2n1CCN(C(=O)C1CNCCO1)CC2.Cl. The number of hydrogen-bond donors (Lipinski definition) is 1. The number of carbonyl (C=O) groups is 1. The maximum atomic E-state index is 12.5. The van der Waals surface area contributed by atoms with Gasteiger partial charge in [-0.1, -0.05) is 13.8 Å². The van der Waals surface area contributed by atoms with E-state index in [0.29, 0.717) is 32.2 Å². The predicted molar refractivity (Wildman–Crippen MR) is 84.3 cm³/mol. The van der Waals surface area contributed by atoms with Gasteiger partial charge in [0.05, 0.1) is 6.61 Å². The third-order valence-electron chi connectivity index (χ3n) is 4.09. The molecule has 0 aliphatic carbocycles. The van der Waals surface area contributed by atoms with Gasteiger partial charge in [0.25, 0.3) is 5.91 Å². The Morgan fingerprint density at radius 3 is 2.82 bits per heavy atom. The van der Waals surface area contributed by atoms with Crippen molar-refractivity contribution in [1.29, 1.82) is 0 Å². The van der Waals surface area contributed by atoms with Crippen LogP contribution in [0.1, 0.15) is 31.4 Å². The van der Waals surface area contributed by atoms with Gasteiger partial charge in [0.2, 0.25) is 0 Å². The minimum Gasteiger partial charge on any atom is -0.366 e. The number of halogens is 1. The molecular formula is C14H24ClN5O2. The van der Waals surface area contributed by atoms with Gasteiger partial charge in [-0.05, 0) is 0 Å². The van der Waals surface area contributed by atoms with E-state index in [0.717, 1.165) is 31.2 Å². The molecule has 1 aromatic heterocycles. The molecule has 124 valence electrons. The van der Waals surface area contributed by atoms with Crippen molar-refractivity contribution in [2.45, 2.75) is 38.8 Å². The van der Waals surface area contributed by atoms with Crippen LogP contribution in [0.5, 0.6) is 0 Å². The van der Waals surface area contributed by atoms with E-state index >= 15 is 0 Å². The third-order valence-corrected chi connectivity index (χ3v) is 4.09.